The van der Waals surface area contributed by atoms with Crippen molar-refractivity contribution in [2.75, 3.05) is 32.9 Å². The van der Waals surface area contributed by atoms with E-state index < -0.39 is 21.9 Å². The fourth-order valence-corrected chi connectivity index (χ4v) is 4.89. The summed E-state index contributed by atoms with van der Waals surface area (Å²) in [5, 5.41) is 1.88. The summed E-state index contributed by atoms with van der Waals surface area (Å²) in [6.45, 7) is 0.899. The number of thiophene rings is 1. The summed E-state index contributed by atoms with van der Waals surface area (Å²) in [4.78, 5) is 0.823. The highest BCUT2D eigenvalue weighted by molar-refractivity contribution is 7.89. The van der Waals surface area contributed by atoms with Crippen LogP contribution in [0.3, 0.4) is 0 Å². The van der Waals surface area contributed by atoms with Gasteiger partial charge in [0, 0.05) is 12.0 Å². The first-order valence-corrected chi connectivity index (χ1v) is 12.0. The zero-order valence-corrected chi connectivity index (χ0v) is 17.9. The molecule has 9 heteroatoms. The van der Waals surface area contributed by atoms with Crippen LogP contribution in [0.5, 0.6) is 5.75 Å². The van der Waals surface area contributed by atoms with E-state index in [1.807, 2.05) is 17.5 Å². The van der Waals surface area contributed by atoms with Crippen LogP contribution in [0, 0.1) is 11.7 Å². The maximum atomic E-state index is 14.2. The summed E-state index contributed by atoms with van der Waals surface area (Å²) >= 11 is 1.44. The summed E-state index contributed by atoms with van der Waals surface area (Å²) in [7, 11) is -2.07. The fourth-order valence-electron chi connectivity index (χ4n) is 2.78. The second kappa shape index (κ2) is 10.5. The Hall–Kier alpha value is -1.52. The topological polar surface area (TPSA) is 73.9 Å². The van der Waals surface area contributed by atoms with Crippen molar-refractivity contribution >= 4 is 21.4 Å². The van der Waals surface area contributed by atoms with Crippen LogP contribution in [0.15, 0.2) is 35.7 Å². The molecule has 0 unspecified atom stereocenters. The zero-order chi connectivity index (χ0) is 20.7. The van der Waals surface area contributed by atoms with Gasteiger partial charge in [0.15, 0.2) is 11.6 Å². The molecule has 6 nitrogen and oxygen atoms in total. The normalized spacial score (nSPS) is 15.4. The second-order valence-electron chi connectivity index (χ2n) is 7.00. The number of sulfonamides is 1. The highest BCUT2D eigenvalue weighted by Gasteiger charge is 2.25. The van der Waals surface area contributed by atoms with Crippen molar-refractivity contribution in [1.29, 1.82) is 0 Å². The molecule has 0 spiro atoms. The molecule has 160 valence electrons. The number of nitrogens with one attached hydrogen (secondary N) is 1. The Morgan fingerprint density at radius 1 is 1.31 bits per heavy atom. The van der Waals surface area contributed by atoms with E-state index in [-0.39, 0.29) is 24.9 Å². The van der Waals surface area contributed by atoms with Crippen molar-refractivity contribution in [2.24, 2.45) is 5.92 Å². The molecule has 1 fully saturated rings. The predicted octanol–water partition coefficient (Wildman–Crippen LogP) is 3.70. The summed E-state index contributed by atoms with van der Waals surface area (Å²) in [5.74, 6) is 0.121. The van der Waals surface area contributed by atoms with Gasteiger partial charge in [0.05, 0.1) is 25.0 Å². The van der Waals surface area contributed by atoms with Crippen LogP contribution in [-0.4, -0.2) is 41.3 Å². The van der Waals surface area contributed by atoms with Crippen LogP contribution in [0.2, 0.25) is 0 Å². The minimum atomic E-state index is -3.58. The second-order valence-corrected chi connectivity index (χ2v) is 9.85. The van der Waals surface area contributed by atoms with E-state index in [0.717, 1.165) is 17.7 Å². The minimum absolute atomic E-state index is 0.0786. The Morgan fingerprint density at radius 2 is 2.14 bits per heavy atom. The number of methoxy groups -OCH3 is 1. The monoisotopic (exact) mass is 443 g/mol. The van der Waals surface area contributed by atoms with E-state index in [2.05, 4.69) is 4.72 Å². The number of hydrogen-bond donors (Lipinski definition) is 1. The highest BCUT2D eigenvalue weighted by Crippen LogP contribution is 2.33. The lowest BCUT2D eigenvalue weighted by Gasteiger charge is -2.19. The van der Waals surface area contributed by atoms with Crippen molar-refractivity contribution in [3.8, 4) is 5.75 Å². The van der Waals surface area contributed by atoms with Crippen molar-refractivity contribution in [1.82, 2.24) is 4.72 Å². The first-order valence-electron chi connectivity index (χ1n) is 9.51. The Kier molecular flexibility index (Phi) is 8.02. The zero-order valence-electron chi connectivity index (χ0n) is 16.3. The standard InChI is InChI=1S/C20H26FNO5S2/c1-25-14-26-9-3-11-29(23,24)22-20(19-4-2-10-28-19)16-7-8-17(21)18(12-16)27-13-15-5-6-15/h2,4,7-8,10,12,15,20,22H,3,5-6,9,11,13-14H2,1H3/t20-/m0/s1. The van der Waals surface area contributed by atoms with Gasteiger partial charge in [0.25, 0.3) is 0 Å². The average molecular weight is 444 g/mol. The van der Waals surface area contributed by atoms with Crippen molar-refractivity contribution in [3.63, 3.8) is 0 Å². The third kappa shape index (κ3) is 7.04. The molecule has 29 heavy (non-hydrogen) atoms. The first-order chi connectivity index (χ1) is 14.0. The van der Waals surface area contributed by atoms with Crippen molar-refractivity contribution in [2.45, 2.75) is 25.3 Å². The molecule has 1 aromatic heterocycles. The first kappa shape index (κ1) is 22.2. The van der Waals surface area contributed by atoms with Crippen LogP contribution in [0.25, 0.3) is 0 Å². The summed E-state index contributed by atoms with van der Waals surface area (Å²) in [6.07, 6.45) is 2.55. The SMILES string of the molecule is COCOCCCS(=O)(=O)N[C@@H](c1ccc(F)c(OCC2CC2)c1)c1cccs1. The molecule has 3 rings (SSSR count). The van der Waals surface area contributed by atoms with Crippen LogP contribution in [0.4, 0.5) is 4.39 Å². The maximum Gasteiger partial charge on any atom is 0.212 e. The van der Waals surface area contributed by atoms with E-state index >= 15 is 0 Å². The molecular weight excluding hydrogens is 417 g/mol. The van der Waals surface area contributed by atoms with Gasteiger partial charge in [-0.05, 0) is 54.3 Å². The number of rotatable bonds is 13. The number of benzene rings is 1. The molecule has 1 atom stereocenters. The number of halogens is 1. The van der Waals surface area contributed by atoms with E-state index in [1.54, 1.807) is 12.1 Å². The molecule has 1 saturated carbocycles. The van der Waals surface area contributed by atoms with Gasteiger partial charge in [-0.15, -0.1) is 11.3 Å². The van der Waals surface area contributed by atoms with Crippen LogP contribution >= 0.6 is 11.3 Å². The Morgan fingerprint density at radius 3 is 2.83 bits per heavy atom. The fraction of sp³-hybridized carbons (Fsp3) is 0.500. The van der Waals surface area contributed by atoms with Gasteiger partial charge < -0.3 is 14.2 Å². The average Bonchev–Trinajstić information content (AvgIpc) is 3.36. The lowest BCUT2D eigenvalue weighted by molar-refractivity contribution is -0.0298. The summed E-state index contributed by atoms with van der Waals surface area (Å²) < 4.78 is 57.7. The molecule has 0 radical (unpaired) electrons. The molecule has 0 saturated heterocycles. The van der Waals surface area contributed by atoms with Gasteiger partial charge >= 0.3 is 0 Å². The molecule has 1 aliphatic carbocycles. The molecule has 0 amide bonds. The van der Waals surface area contributed by atoms with E-state index in [1.165, 1.54) is 24.5 Å². The van der Waals surface area contributed by atoms with E-state index in [0.29, 0.717) is 24.5 Å². The molecule has 1 aromatic carbocycles. The molecule has 0 aliphatic heterocycles. The molecule has 1 heterocycles. The molecular formula is C20H26FNO5S2. The molecule has 0 bridgehead atoms. The smallest absolute Gasteiger partial charge is 0.212 e. The molecule has 2 aromatic rings. The number of hydrogen-bond acceptors (Lipinski definition) is 6. The summed E-state index contributed by atoms with van der Waals surface area (Å²) in [6, 6.07) is 7.61. The lowest BCUT2D eigenvalue weighted by Crippen LogP contribution is -2.31. The lowest BCUT2D eigenvalue weighted by atomic mass is 10.1. The van der Waals surface area contributed by atoms with Crippen LogP contribution in [-0.2, 0) is 19.5 Å². The van der Waals surface area contributed by atoms with Gasteiger partial charge in [-0.1, -0.05) is 12.1 Å². The van der Waals surface area contributed by atoms with Gasteiger partial charge in [-0.3, -0.25) is 0 Å². The largest absolute Gasteiger partial charge is 0.490 e. The molecule has 1 aliphatic rings. The maximum absolute atomic E-state index is 14.2. The van der Waals surface area contributed by atoms with Gasteiger partial charge in [0.2, 0.25) is 10.0 Å². The van der Waals surface area contributed by atoms with E-state index in [4.69, 9.17) is 14.2 Å². The Labute approximate surface area is 175 Å². The minimum Gasteiger partial charge on any atom is -0.490 e. The van der Waals surface area contributed by atoms with Gasteiger partial charge in [-0.25, -0.2) is 17.5 Å². The quantitative estimate of drug-likeness (QED) is 0.378. The van der Waals surface area contributed by atoms with Crippen LogP contribution in [0.1, 0.15) is 35.7 Å². The predicted molar refractivity (Wildman–Crippen MR) is 110 cm³/mol. The highest BCUT2D eigenvalue weighted by atomic mass is 32.2. The van der Waals surface area contributed by atoms with Crippen molar-refractivity contribution in [3.05, 3.63) is 52.0 Å². The van der Waals surface area contributed by atoms with Crippen molar-refractivity contribution < 1.29 is 27.0 Å². The number of ether oxygens (including phenoxy) is 3. The third-order valence-corrected chi connectivity index (χ3v) is 6.85. The Balaban J connectivity index is 1.73. The van der Waals surface area contributed by atoms with Crippen LogP contribution < -0.4 is 9.46 Å². The Bertz CT molecular complexity index is 869. The third-order valence-electron chi connectivity index (χ3n) is 4.49. The van der Waals surface area contributed by atoms with Gasteiger partial charge in [-0.2, -0.15) is 0 Å². The van der Waals surface area contributed by atoms with Gasteiger partial charge in [0.1, 0.15) is 6.79 Å². The molecule has 1 N–H and O–H groups in total. The van der Waals surface area contributed by atoms with E-state index in [9.17, 15) is 12.8 Å². The summed E-state index contributed by atoms with van der Waals surface area (Å²) in [5.41, 5.74) is 0.638.